The molecule has 0 spiro atoms. The maximum atomic E-state index is 12.6. The van der Waals surface area contributed by atoms with Crippen molar-refractivity contribution >= 4 is 5.91 Å². The normalized spacial score (nSPS) is 25.8. The van der Waals surface area contributed by atoms with Gasteiger partial charge in [-0.3, -0.25) is 4.79 Å². The van der Waals surface area contributed by atoms with E-state index in [0.717, 1.165) is 25.8 Å². The number of nitrogens with zero attached hydrogens (tertiary/aromatic N) is 1. The van der Waals surface area contributed by atoms with Gasteiger partial charge in [0.1, 0.15) is 0 Å². The zero-order chi connectivity index (χ0) is 13.5. The van der Waals surface area contributed by atoms with Crippen LogP contribution in [0.15, 0.2) is 0 Å². The predicted molar refractivity (Wildman–Crippen MR) is 73.5 cm³/mol. The summed E-state index contributed by atoms with van der Waals surface area (Å²) in [5.41, 5.74) is 0. The highest BCUT2D eigenvalue weighted by molar-refractivity contribution is 5.80. The molecule has 0 bridgehead atoms. The van der Waals surface area contributed by atoms with Gasteiger partial charge in [0.05, 0.1) is 12.5 Å². The van der Waals surface area contributed by atoms with Crippen LogP contribution in [-0.2, 0) is 9.53 Å². The summed E-state index contributed by atoms with van der Waals surface area (Å²) in [4.78, 5) is 14.6. The lowest BCUT2D eigenvalue weighted by Gasteiger charge is -2.36. The quantitative estimate of drug-likeness (QED) is 0.785. The Morgan fingerprint density at radius 3 is 2.83 bits per heavy atom. The molecule has 1 saturated heterocycles. The van der Waals surface area contributed by atoms with Crippen molar-refractivity contribution in [2.45, 2.75) is 52.1 Å². The van der Waals surface area contributed by atoms with E-state index in [-0.39, 0.29) is 5.92 Å². The third-order valence-corrected chi connectivity index (χ3v) is 4.02. The van der Waals surface area contributed by atoms with Crippen LogP contribution in [0.4, 0.5) is 0 Å². The van der Waals surface area contributed by atoms with Crippen LogP contribution in [-0.4, -0.2) is 49.7 Å². The second kappa shape index (κ2) is 7.74. The summed E-state index contributed by atoms with van der Waals surface area (Å²) < 4.78 is 5.12. The van der Waals surface area contributed by atoms with Crippen LogP contribution in [0.2, 0.25) is 0 Å². The number of carbonyl (C=O) groups is 1. The van der Waals surface area contributed by atoms with Crippen LogP contribution >= 0.6 is 0 Å². The first-order valence-electron chi connectivity index (χ1n) is 7.14. The summed E-state index contributed by atoms with van der Waals surface area (Å²) in [5, 5.41) is 3.40. The van der Waals surface area contributed by atoms with Gasteiger partial charge in [-0.25, -0.2) is 0 Å². The SMILES string of the molecule is CCC(C)N(CCOC)C(=O)C1CCCNC1C. The van der Waals surface area contributed by atoms with Gasteiger partial charge in [-0.15, -0.1) is 0 Å². The topological polar surface area (TPSA) is 41.6 Å². The van der Waals surface area contributed by atoms with Crippen LogP contribution in [0.25, 0.3) is 0 Å². The highest BCUT2D eigenvalue weighted by Crippen LogP contribution is 2.20. The number of ether oxygens (including phenoxy) is 1. The van der Waals surface area contributed by atoms with Gasteiger partial charge in [0.15, 0.2) is 0 Å². The average molecular weight is 256 g/mol. The van der Waals surface area contributed by atoms with Gasteiger partial charge in [0.2, 0.25) is 5.91 Å². The number of piperidine rings is 1. The lowest BCUT2D eigenvalue weighted by Crippen LogP contribution is -2.51. The fourth-order valence-electron chi connectivity index (χ4n) is 2.55. The number of hydrogen-bond acceptors (Lipinski definition) is 3. The molecule has 1 heterocycles. The molecule has 3 unspecified atom stereocenters. The molecule has 1 rings (SSSR count). The average Bonchev–Trinajstić information content (AvgIpc) is 2.39. The molecule has 0 radical (unpaired) electrons. The molecule has 1 N–H and O–H groups in total. The van der Waals surface area contributed by atoms with Gasteiger partial charge >= 0.3 is 0 Å². The van der Waals surface area contributed by atoms with E-state index in [2.05, 4.69) is 26.1 Å². The van der Waals surface area contributed by atoms with E-state index in [4.69, 9.17) is 4.74 Å². The first kappa shape index (κ1) is 15.4. The Hall–Kier alpha value is -0.610. The van der Waals surface area contributed by atoms with Crippen LogP contribution < -0.4 is 5.32 Å². The Morgan fingerprint density at radius 1 is 1.56 bits per heavy atom. The standard InChI is InChI=1S/C14H28N2O2/c1-5-11(2)16(9-10-18-4)14(17)13-7-6-8-15-12(13)3/h11-13,15H,5-10H2,1-4H3. The molecule has 3 atom stereocenters. The Bertz CT molecular complexity index is 258. The zero-order valence-electron chi connectivity index (χ0n) is 12.2. The predicted octanol–water partition coefficient (Wildman–Crippen LogP) is 1.65. The van der Waals surface area contributed by atoms with Crippen LogP contribution in [0.1, 0.15) is 40.0 Å². The van der Waals surface area contributed by atoms with Gasteiger partial charge < -0.3 is 15.0 Å². The smallest absolute Gasteiger partial charge is 0.227 e. The molecule has 4 heteroatoms. The van der Waals surface area contributed by atoms with Crippen molar-refractivity contribution < 1.29 is 9.53 Å². The minimum atomic E-state index is 0.129. The molecule has 0 aliphatic carbocycles. The fraction of sp³-hybridized carbons (Fsp3) is 0.929. The summed E-state index contributed by atoms with van der Waals surface area (Å²) in [6.07, 6.45) is 3.09. The molecule has 0 aromatic carbocycles. The number of carbonyl (C=O) groups excluding carboxylic acids is 1. The van der Waals surface area contributed by atoms with Gasteiger partial charge in [-0.2, -0.15) is 0 Å². The molecular weight excluding hydrogens is 228 g/mol. The molecule has 0 aromatic rings. The van der Waals surface area contributed by atoms with Crippen molar-refractivity contribution in [2.24, 2.45) is 5.92 Å². The van der Waals surface area contributed by atoms with E-state index in [1.807, 2.05) is 4.90 Å². The van der Waals surface area contributed by atoms with E-state index in [1.54, 1.807) is 7.11 Å². The van der Waals surface area contributed by atoms with Crippen molar-refractivity contribution in [3.63, 3.8) is 0 Å². The Kier molecular flexibility index (Phi) is 6.65. The molecule has 1 fully saturated rings. The van der Waals surface area contributed by atoms with Crippen molar-refractivity contribution in [2.75, 3.05) is 26.8 Å². The second-order valence-corrected chi connectivity index (χ2v) is 5.27. The molecule has 18 heavy (non-hydrogen) atoms. The fourth-order valence-corrected chi connectivity index (χ4v) is 2.55. The van der Waals surface area contributed by atoms with E-state index >= 15 is 0 Å². The Labute approximate surface area is 111 Å². The third kappa shape index (κ3) is 3.95. The summed E-state index contributed by atoms with van der Waals surface area (Å²) >= 11 is 0. The van der Waals surface area contributed by atoms with Crippen LogP contribution in [0.3, 0.4) is 0 Å². The van der Waals surface area contributed by atoms with Gasteiger partial charge in [-0.05, 0) is 39.7 Å². The van der Waals surface area contributed by atoms with Crippen molar-refractivity contribution in [1.82, 2.24) is 10.2 Å². The highest BCUT2D eigenvalue weighted by atomic mass is 16.5. The number of methoxy groups -OCH3 is 1. The Balaban J connectivity index is 2.67. The highest BCUT2D eigenvalue weighted by Gasteiger charge is 2.32. The van der Waals surface area contributed by atoms with Gasteiger partial charge in [0, 0.05) is 25.7 Å². The Morgan fingerprint density at radius 2 is 2.28 bits per heavy atom. The van der Waals surface area contributed by atoms with E-state index in [9.17, 15) is 4.79 Å². The molecule has 106 valence electrons. The van der Waals surface area contributed by atoms with Crippen molar-refractivity contribution in [1.29, 1.82) is 0 Å². The summed E-state index contributed by atoms with van der Waals surface area (Å²) in [7, 11) is 1.68. The largest absolute Gasteiger partial charge is 0.383 e. The summed E-state index contributed by atoms with van der Waals surface area (Å²) in [6.45, 7) is 8.71. The zero-order valence-corrected chi connectivity index (χ0v) is 12.2. The number of hydrogen-bond donors (Lipinski definition) is 1. The first-order valence-corrected chi connectivity index (χ1v) is 7.14. The molecule has 1 aliphatic rings. The molecular formula is C14H28N2O2. The van der Waals surface area contributed by atoms with Crippen LogP contribution in [0.5, 0.6) is 0 Å². The summed E-state index contributed by atoms with van der Waals surface area (Å²) in [5.74, 6) is 0.422. The number of amides is 1. The lowest BCUT2D eigenvalue weighted by molar-refractivity contribution is -0.140. The molecule has 0 aromatic heterocycles. The molecule has 1 aliphatic heterocycles. The minimum Gasteiger partial charge on any atom is -0.383 e. The molecule has 1 amide bonds. The maximum absolute atomic E-state index is 12.6. The number of nitrogens with one attached hydrogen (secondary N) is 1. The van der Waals surface area contributed by atoms with E-state index in [0.29, 0.717) is 31.1 Å². The van der Waals surface area contributed by atoms with E-state index in [1.165, 1.54) is 0 Å². The maximum Gasteiger partial charge on any atom is 0.227 e. The van der Waals surface area contributed by atoms with Crippen molar-refractivity contribution in [3.8, 4) is 0 Å². The van der Waals surface area contributed by atoms with Crippen LogP contribution in [0, 0.1) is 5.92 Å². The lowest BCUT2D eigenvalue weighted by atomic mass is 9.90. The molecule has 4 nitrogen and oxygen atoms in total. The number of rotatable bonds is 6. The van der Waals surface area contributed by atoms with Crippen molar-refractivity contribution in [3.05, 3.63) is 0 Å². The summed E-state index contributed by atoms with van der Waals surface area (Å²) in [6, 6.07) is 0.585. The van der Waals surface area contributed by atoms with Gasteiger partial charge in [0.25, 0.3) is 0 Å². The monoisotopic (exact) mass is 256 g/mol. The second-order valence-electron chi connectivity index (χ2n) is 5.27. The first-order chi connectivity index (χ1) is 8.61. The molecule has 0 saturated carbocycles. The van der Waals surface area contributed by atoms with Gasteiger partial charge in [-0.1, -0.05) is 6.92 Å². The third-order valence-electron chi connectivity index (χ3n) is 4.02. The van der Waals surface area contributed by atoms with E-state index < -0.39 is 0 Å². The minimum absolute atomic E-state index is 0.129.